The Morgan fingerprint density at radius 1 is 0.652 bits per heavy atom. The van der Waals surface area contributed by atoms with E-state index >= 15 is 0 Å². The van der Waals surface area contributed by atoms with Crippen LogP contribution in [0.5, 0.6) is 0 Å². The molecule has 0 spiro atoms. The largest absolute Gasteiger partial charge is 0.361 e. The van der Waals surface area contributed by atoms with Crippen molar-refractivity contribution in [2.45, 2.75) is 128 Å². The lowest BCUT2D eigenvalue weighted by atomic mass is 10.0. The Bertz CT molecular complexity index is 3020. The number of nitrogens with zero attached hydrogens (tertiary/aromatic N) is 7. The minimum atomic E-state index is -2.79. The Kier molecular flexibility index (Phi) is 10.6. The van der Waals surface area contributed by atoms with Gasteiger partial charge in [0.2, 0.25) is 23.7 Å². The van der Waals surface area contributed by atoms with Crippen molar-refractivity contribution >= 4 is 39.6 Å². The molecular weight excluding hydrogens is 867 g/mol. The third-order valence-corrected chi connectivity index (χ3v) is 13.6. The molecule has 4 atom stereocenters. The molecule has 1 N–H and O–H groups in total. The van der Waals surface area contributed by atoms with E-state index in [4.69, 9.17) is 19.0 Å². The lowest BCUT2D eigenvalue weighted by molar-refractivity contribution is -0.119. The van der Waals surface area contributed by atoms with Crippen LogP contribution in [0.2, 0.25) is 0 Å². The van der Waals surface area contributed by atoms with Crippen LogP contribution in [0, 0.1) is 39.3 Å². The Morgan fingerprint density at radius 3 is 1.67 bits per heavy atom. The first-order valence-electron chi connectivity index (χ1n) is 22.2. The second-order valence-electron chi connectivity index (χ2n) is 18.1. The maximum atomic E-state index is 14.3. The van der Waals surface area contributed by atoms with Gasteiger partial charge in [-0.3, -0.25) is 9.59 Å². The highest BCUT2D eigenvalue weighted by Crippen LogP contribution is 2.48. The summed E-state index contributed by atoms with van der Waals surface area (Å²) in [6, 6.07) is 13.1. The molecule has 11 rings (SSSR count). The van der Waals surface area contributed by atoms with Gasteiger partial charge in [-0.25, -0.2) is 36.3 Å². The van der Waals surface area contributed by atoms with E-state index in [0.29, 0.717) is 54.1 Å². The fraction of sp³-hybridized carbons (Fsp3) is 0.417. The highest BCUT2D eigenvalue weighted by atomic mass is 19.3. The average molecular weight is 913 g/mol. The Hall–Kier alpha value is -6.46. The summed E-state index contributed by atoms with van der Waals surface area (Å²) in [6.45, 7) is 7.39. The van der Waals surface area contributed by atoms with Crippen LogP contribution in [0.25, 0.3) is 44.3 Å². The van der Waals surface area contributed by atoms with E-state index in [-0.39, 0.29) is 68.1 Å². The number of benzene rings is 3. The standard InChI is InChI=1S/C27H24F4N4O2.C21H22F2N4O2/c1-14-25(15(2)37-33-14)16-3-6-22-21(11-16)32-26(35(22)18-9-10-27(30,31)13-18)23-7-8-24(36)34(23)17-4-5-19(28)20(29)12-17;1-11-19(12(2)29-26-11)13-3-5-17-16(9-13)25-20(15-4-6-18(28)24-15)27(17)14-7-8-21(22,23)10-14/h3-6,11-12,18,23H,7-10,13H2,1-2H3;3,5,9,14-15H,4,6-8,10H2,1-2H3,(H,24,28)/t18-,23+;14-,15+/m11/s1. The number of aryl methyl sites for hydroxylation is 4. The predicted octanol–water partition coefficient (Wildman–Crippen LogP) is 11.4. The van der Waals surface area contributed by atoms with Crippen molar-refractivity contribution in [2.24, 2.45) is 0 Å². The van der Waals surface area contributed by atoms with Crippen molar-refractivity contribution in [3.63, 3.8) is 0 Å². The SMILES string of the molecule is Cc1noc(C)c1-c1ccc2c(c1)nc([C@@H]1CCC(=O)N1)n2[C@@H]1CCC(F)(F)C1.Cc1noc(C)c1-c1ccc2c(c1)nc([C@@H]1CCC(=O)N1c1ccc(F)c(F)c1)n2[C@@H]1CCC(F)(F)C1. The molecule has 66 heavy (non-hydrogen) atoms. The topological polar surface area (TPSA) is 137 Å². The summed E-state index contributed by atoms with van der Waals surface area (Å²) in [5, 5.41) is 11.0. The van der Waals surface area contributed by atoms with Gasteiger partial charge in [0.15, 0.2) is 11.6 Å². The molecular formula is C48H46F6N8O4. The quantitative estimate of drug-likeness (QED) is 0.156. The van der Waals surface area contributed by atoms with Gasteiger partial charge >= 0.3 is 0 Å². The summed E-state index contributed by atoms with van der Waals surface area (Å²) >= 11 is 0. The number of anilines is 1. The third-order valence-electron chi connectivity index (χ3n) is 13.6. The summed E-state index contributed by atoms with van der Waals surface area (Å²) in [5.41, 5.74) is 8.05. The van der Waals surface area contributed by atoms with Gasteiger partial charge in [0.1, 0.15) is 23.2 Å². The number of hydrogen-bond donors (Lipinski definition) is 1. The zero-order valence-corrected chi connectivity index (χ0v) is 36.6. The van der Waals surface area contributed by atoms with E-state index < -0.39 is 35.6 Å². The van der Waals surface area contributed by atoms with E-state index in [1.165, 1.54) is 11.0 Å². The minimum Gasteiger partial charge on any atom is -0.361 e. The number of rotatable bonds is 7. The van der Waals surface area contributed by atoms with Crippen LogP contribution in [-0.4, -0.2) is 53.1 Å². The van der Waals surface area contributed by atoms with Gasteiger partial charge in [-0.2, -0.15) is 0 Å². The van der Waals surface area contributed by atoms with E-state index in [1.54, 1.807) is 0 Å². The molecule has 6 heterocycles. The van der Waals surface area contributed by atoms with Crippen molar-refractivity contribution in [3.8, 4) is 22.3 Å². The number of carbonyl (C=O) groups is 2. The number of imidazole rings is 2. The third kappa shape index (κ3) is 7.70. The van der Waals surface area contributed by atoms with Gasteiger partial charge in [0.25, 0.3) is 0 Å². The van der Waals surface area contributed by atoms with Crippen molar-refractivity contribution in [2.75, 3.05) is 4.90 Å². The van der Waals surface area contributed by atoms with Gasteiger partial charge in [0.05, 0.1) is 45.5 Å². The first kappa shape index (κ1) is 43.4. The molecule has 3 aromatic carbocycles. The maximum Gasteiger partial charge on any atom is 0.250 e. The molecule has 4 fully saturated rings. The Morgan fingerprint density at radius 2 is 1.20 bits per heavy atom. The van der Waals surface area contributed by atoms with Crippen LogP contribution in [0.3, 0.4) is 0 Å². The predicted molar refractivity (Wildman–Crippen MR) is 231 cm³/mol. The summed E-state index contributed by atoms with van der Waals surface area (Å²) in [6.07, 6.45) is 1.40. The lowest BCUT2D eigenvalue weighted by Gasteiger charge is -2.27. The average Bonchev–Trinajstić information content (AvgIpc) is 4.15. The number of hydrogen-bond acceptors (Lipinski definition) is 8. The fourth-order valence-corrected chi connectivity index (χ4v) is 10.6. The second kappa shape index (κ2) is 16.2. The smallest absolute Gasteiger partial charge is 0.250 e. The zero-order chi connectivity index (χ0) is 46.4. The molecule has 4 aromatic heterocycles. The first-order chi connectivity index (χ1) is 31.4. The fourth-order valence-electron chi connectivity index (χ4n) is 10.6. The van der Waals surface area contributed by atoms with E-state index in [1.807, 2.05) is 73.2 Å². The molecule has 0 bridgehead atoms. The van der Waals surface area contributed by atoms with Crippen LogP contribution in [0.15, 0.2) is 63.6 Å². The minimum absolute atomic E-state index is 0.0261. The first-order valence-corrected chi connectivity index (χ1v) is 22.2. The van der Waals surface area contributed by atoms with E-state index in [9.17, 15) is 35.9 Å². The highest BCUT2D eigenvalue weighted by molar-refractivity contribution is 5.96. The zero-order valence-electron chi connectivity index (χ0n) is 36.6. The number of halogens is 6. The van der Waals surface area contributed by atoms with E-state index in [2.05, 4.69) is 15.6 Å². The highest BCUT2D eigenvalue weighted by Gasteiger charge is 2.45. The van der Waals surface area contributed by atoms with E-state index in [0.717, 1.165) is 62.6 Å². The van der Waals surface area contributed by atoms with Crippen LogP contribution >= 0.6 is 0 Å². The number of alkyl halides is 4. The Balaban J connectivity index is 0.000000160. The number of amides is 2. The summed E-state index contributed by atoms with van der Waals surface area (Å²) < 4.78 is 98.7. The molecule has 2 saturated carbocycles. The van der Waals surface area contributed by atoms with Gasteiger partial charge in [-0.1, -0.05) is 22.4 Å². The summed E-state index contributed by atoms with van der Waals surface area (Å²) in [5.74, 6) is -5.31. The number of aromatic nitrogens is 6. The van der Waals surface area contributed by atoms with Gasteiger partial charge in [-0.15, -0.1) is 0 Å². The van der Waals surface area contributed by atoms with Gasteiger partial charge < -0.3 is 28.4 Å². The monoisotopic (exact) mass is 912 g/mol. The van der Waals surface area contributed by atoms with Crippen LogP contribution < -0.4 is 10.2 Å². The number of nitrogens with one attached hydrogen (secondary N) is 1. The van der Waals surface area contributed by atoms with Crippen LogP contribution in [-0.2, 0) is 9.59 Å². The summed E-state index contributed by atoms with van der Waals surface area (Å²) in [4.78, 5) is 35.8. The normalized spacial score (nSPS) is 22.5. The van der Waals surface area contributed by atoms with Crippen LogP contribution in [0.1, 0.15) is 123 Å². The molecule has 2 amide bonds. The molecule has 7 aromatic rings. The van der Waals surface area contributed by atoms with Crippen LogP contribution in [0.4, 0.5) is 32.0 Å². The molecule has 12 nitrogen and oxygen atoms in total. The molecule has 18 heteroatoms. The molecule has 0 unspecified atom stereocenters. The van der Waals surface area contributed by atoms with Gasteiger partial charge in [-0.05, 0) is 101 Å². The van der Waals surface area contributed by atoms with Gasteiger partial charge in [0, 0.05) is 73.5 Å². The van der Waals surface area contributed by atoms with Crippen molar-refractivity contribution in [1.29, 1.82) is 0 Å². The molecule has 4 aliphatic rings. The molecule has 2 aliphatic carbocycles. The number of fused-ring (bicyclic) bond motifs is 2. The second-order valence-corrected chi connectivity index (χ2v) is 18.1. The molecule has 0 radical (unpaired) electrons. The lowest BCUT2D eigenvalue weighted by Crippen LogP contribution is -2.30. The van der Waals surface area contributed by atoms with Crippen molar-refractivity contribution in [3.05, 3.63) is 101 Å². The molecule has 2 saturated heterocycles. The maximum absolute atomic E-state index is 14.3. The number of carbonyl (C=O) groups excluding carboxylic acids is 2. The molecule has 2 aliphatic heterocycles. The Labute approximate surface area is 374 Å². The van der Waals surface area contributed by atoms with Crippen molar-refractivity contribution in [1.82, 2.24) is 34.7 Å². The summed E-state index contributed by atoms with van der Waals surface area (Å²) in [7, 11) is 0. The molecule has 344 valence electrons. The van der Waals surface area contributed by atoms with Crippen molar-refractivity contribution < 1.29 is 45.0 Å².